The first-order chi connectivity index (χ1) is 12.8. The van der Waals surface area contributed by atoms with Crippen molar-refractivity contribution in [3.05, 3.63) is 62.9 Å². The van der Waals surface area contributed by atoms with Crippen LogP contribution in [-0.4, -0.2) is 27.3 Å². The summed E-state index contributed by atoms with van der Waals surface area (Å²) < 4.78 is 53.8. The minimum absolute atomic E-state index is 0.0540. The van der Waals surface area contributed by atoms with Gasteiger partial charge >= 0.3 is 0 Å². The van der Waals surface area contributed by atoms with Crippen LogP contribution >= 0.6 is 23.2 Å². The molecule has 1 N–H and O–H groups in total. The van der Waals surface area contributed by atoms with Gasteiger partial charge in [0.05, 0.1) is 16.1 Å². The van der Waals surface area contributed by atoms with Gasteiger partial charge in [-0.15, -0.1) is 0 Å². The number of nitrogens with zero attached hydrogens (tertiary/aromatic N) is 2. The summed E-state index contributed by atoms with van der Waals surface area (Å²) in [7, 11) is 0. The summed E-state index contributed by atoms with van der Waals surface area (Å²) in [5.74, 6) is -10.2. The van der Waals surface area contributed by atoms with Crippen LogP contribution in [0.4, 0.5) is 17.6 Å². The van der Waals surface area contributed by atoms with E-state index in [2.05, 4.69) is 4.98 Å². The Morgan fingerprint density at radius 2 is 1.64 bits per heavy atom. The summed E-state index contributed by atoms with van der Waals surface area (Å²) in [6, 6.07) is 2.82. The van der Waals surface area contributed by atoms with Gasteiger partial charge in [0.2, 0.25) is 0 Å². The number of halogens is 6. The van der Waals surface area contributed by atoms with Gasteiger partial charge in [0.25, 0.3) is 11.8 Å². The van der Waals surface area contributed by atoms with Crippen LogP contribution < -0.4 is 5.43 Å². The lowest BCUT2D eigenvalue weighted by atomic mass is 10.1. The van der Waals surface area contributed by atoms with Gasteiger partial charge in [-0.05, 0) is 39.0 Å². The maximum Gasteiger partial charge on any atom is 0.292 e. The normalized spacial score (nSPS) is 11.3. The third-order valence-electron chi connectivity index (χ3n) is 3.45. The molecule has 0 aliphatic carbocycles. The van der Waals surface area contributed by atoms with E-state index < -0.39 is 46.2 Å². The predicted molar refractivity (Wildman–Crippen MR) is 93.9 cm³/mol. The van der Waals surface area contributed by atoms with Crippen molar-refractivity contribution in [2.45, 2.75) is 26.3 Å². The fourth-order valence-electron chi connectivity index (χ4n) is 2.10. The number of aromatic nitrogens is 1. The van der Waals surface area contributed by atoms with E-state index in [0.717, 1.165) is 5.01 Å². The molecular weight excluding hydrogens is 425 g/mol. The van der Waals surface area contributed by atoms with Crippen LogP contribution in [0.3, 0.4) is 0 Å². The molecule has 28 heavy (non-hydrogen) atoms. The molecule has 2 amide bonds. The third kappa shape index (κ3) is 4.36. The Labute approximate surface area is 167 Å². The topological polar surface area (TPSA) is 62.3 Å². The van der Waals surface area contributed by atoms with E-state index >= 15 is 0 Å². The highest BCUT2D eigenvalue weighted by molar-refractivity contribution is 6.34. The van der Waals surface area contributed by atoms with Crippen molar-refractivity contribution in [2.24, 2.45) is 0 Å². The highest BCUT2D eigenvalue weighted by Crippen LogP contribution is 2.23. The van der Waals surface area contributed by atoms with Crippen molar-refractivity contribution in [3.63, 3.8) is 0 Å². The summed E-state index contributed by atoms with van der Waals surface area (Å²) >= 11 is 11.7. The van der Waals surface area contributed by atoms with Gasteiger partial charge in [-0.25, -0.2) is 27.6 Å². The van der Waals surface area contributed by atoms with Crippen molar-refractivity contribution in [3.8, 4) is 0 Å². The van der Waals surface area contributed by atoms with Crippen LogP contribution in [0, 0.1) is 23.3 Å². The zero-order valence-corrected chi connectivity index (χ0v) is 16.2. The first kappa shape index (κ1) is 21.9. The molecule has 0 spiro atoms. The summed E-state index contributed by atoms with van der Waals surface area (Å²) in [6.45, 7) is 4.52. The molecule has 11 heteroatoms. The Kier molecular flexibility index (Phi) is 6.20. The molecule has 2 aromatic rings. The second-order valence-corrected chi connectivity index (χ2v) is 7.36. The molecule has 5 nitrogen and oxygen atoms in total. The monoisotopic (exact) mass is 437 g/mol. The maximum atomic E-state index is 13.9. The lowest BCUT2D eigenvalue weighted by Crippen LogP contribution is -2.56. The fraction of sp³-hybridized carbons (Fsp3) is 0.235. The SMILES string of the molecule is CC(C)(C)N(NC(=O)c1cc(F)c(F)c(F)c1F)C(=O)c1nc(Cl)ccc1Cl. The van der Waals surface area contributed by atoms with Gasteiger partial charge in [0.15, 0.2) is 23.3 Å². The number of hydrogen-bond acceptors (Lipinski definition) is 3. The van der Waals surface area contributed by atoms with Crippen LogP contribution in [0.15, 0.2) is 18.2 Å². The Bertz CT molecular complexity index is 964. The molecule has 0 saturated carbocycles. The first-order valence-electron chi connectivity index (χ1n) is 7.65. The molecule has 1 aromatic carbocycles. The number of hydrogen-bond donors (Lipinski definition) is 1. The molecular formula is C17H13Cl2F4N3O2. The summed E-state index contributed by atoms with van der Waals surface area (Å²) in [5.41, 5.74) is -0.517. The Morgan fingerprint density at radius 3 is 2.21 bits per heavy atom. The second-order valence-electron chi connectivity index (χ2n) is 6.56. The zero-order chi connectivity index (χ0) is 21.4. The second kappa shape index (κ2) is 7.92. The molecule has 0 radical (unpaired) electrons. The van der Waals surface area contributed by atoms with Gasteiger partial charge in [0.1, 0.15) is 10.8 Å². The number of carbonyl (C=O) groups excluding carboxylic acids is 2. The van der Waals surface area contributed by atoms with Crippen LogP contribution in [-0.2, 0) is 0 Å². The van der Waals surface area contributed by atoms with Crippen molar-refractivity contribution >= 4 is 35.0 Å². The lowest BCUT2D eigenvalue weighted by Gasteiger charge is -2.35. The van der Waals surface area contributed by atoms with E-state index in [-0.39, 0.29) is 21.9 Å². The van der Waals surface area contributed by atoms with Crippen LogP contribution in [0.25, 0.3) is 0 Å². The number of benzene rings is 1. The van der Waals surface area contributed by atoms with E-state index in [0.29, 0.717) is 0 Å². The Balaban J connectivity index is 2.45. The number of amides is 2. The van der Waals surface area contributed by atoms with Crippen molar-refractivity contribution in [1.82, 2.24) is 15.4 Å². The van der Waals surface area contributed by atoms with Gasteiger partial charge in [-0.1, -0.05) is 23.2 Å². The summed E-state index contributed by atoms with van der Waals surface area (Å²) in [4.78, 5) is 28.9. The Morgan fingerprint density at radius 1 is 1.04 bits per heavy atom. The van der Waals surface area contributed by atoms with Gasteiger partial charge < -0.3 is 0 Å². The van der Waals surface area contributed by atoms with Crippen molar-refractivity contribution < 1.29 is 27.2 Å². The van der Waals surface area contributed by atoms with E-state index in [1.165, 1.54) is 32.9 Å². The number of pyridine rings is 1. The van der Waals surface area contributed by atoms with Crippen molar-refractivity contribution in [2.75, 3.05) is 0 Å². The molecule has 0 aliphatic rings. The number of carbonyl (C=O) groups is 2. The number of nitrogens with one attached hydrogen (secondary N) is 1. The molecule has 2 rings (SSSR count). The largest absolute Gasteiger partial charge is 0.292 e. The smallest absolute Gasteiger partial charge is 0.267 e. The highest BCUT2D eigenvalue weighted by Gasteiger charge is 2.33. The first-order valence-corrected chi connectivity index (χ1v) is 8.40. The minimum Gasteiger partial charge on any atom is -0.267 e. The fourth-order valence-corrected chi connectivity index (χ4v) is 2.43. The number of hydrazine groups is 1. The summed E-state index contributed by atoms with van der Waals surface area (Å²) in [6.07, 6.45) is 0. The van der Waals surface area contributed by atoms with Gasteiger partial charge in [-0.2, -0.15) is 0 Å². The molecule has 0 aliphatic heterocycles. The number of rotatable bonds is 2. The summed E-state index contributed by atoms with van der Waals surface area (Å²) in [5, 5.41) is 0.600. The molecule has 0 atom stereocenters. The van der Waals surface area contributed by atoms with E-state index in [4.69, 9.17) is 23.2 Å². The average molecular weight is 438 g/mol. The standard InChI is InChI=1S/C17H13Cl2F4N3O2/c1-17(2,3)26(16(28)14-8(18)4-5-10(19)24-14)25-15(27)7-6-9(20)12(22)13(23)11(7)21/h4-6H,1-3H3,(H,25,27). The molecule has 1 aromatic heterocycles. The molecule has 0 fully saturated rings. The lowest BCUT2D eigenvalue weighted by molar-refractivity contribution is 0.0351. The third-order valence-corrected chi connectivity index (χ3v) is 3.96. The minimum atomic E-state index is -2.15. The van der Waals surface area contributed by atoms with Gasteiger partial charge in [-0.3, -0.25) is 15.0 Å². The maximum absolute atomic E-state index is 13.9. The molecule has 1 heterocycles. The van der Waals surface area contributed by atoms with Gasteiger partial charge in [0, 0.05) is 0 Å². The molecule has 0 saturated heterocycles. The molecule has 150 valence electrons. The van der Waals surface area contributed by atoms with Crippen LogP contribution in [0.2, 0.25) is 10.2 Å². The quantitative estimate of drug-likeness (QED) is 0.247. The average Bonchev–Trinajstić information content (AvgIpc) is 2.61. The molecule has 0 unspecified atom stereocenters. The van der Waals surface area contributed by atoms with Crippen molar-refractivity contribution in [1.29, 1.82) is 0 Å². The van der Waals surface area contributed by atoms with Crippen LogP contribution in [0.5, 0.6) is 0 Å². The zero-order valence-electron chi connectivity index (χ0n) is 14.7. The van der Waals surface area contributed by atoms with E-state index in [1.54, 1.807) is 0 Å². The van der Waals surface area contributed by atoms with E-state index in [9.17, 15) is 27.2 Å². The van der Waals surface area contributed by atoms with E-state index in [1.807, 2.05) is 5.43 Å². The predicted octanol–water partition coefficient (Wildman–Crippen LogP) is 4.53. The molecule has 0 bridgehead atoms. The Hall–Kier alpha value is -2.39. The van der Waals surface area contributed by atoms with Crippen LogP contribution in [0.1, 0.15) is 41.6 Å². The highest BCUT2D eigenvalue weighted by atomic mass is 35.5.